The maximum Gasteiger partial charge on any atom is 0.264 e. The Hall–Kier alpha value is -2.91. The van der Waals surface area contributed by atoms with E-state index in [-0.39, 0.29) is 10.6 Å². The van der Waals surface area contributed by atoms with Crippen molar-refractivity contribution >= 4 is 27.3 Å². The van der Waals surface area contributed by atoms with Crippen molar-refractivity contribution in [1.82, 2.24) is 10.3 Å². The van der Waals surface area contributed by atoms with Crippen LogP contribution in [0.2, 0.25) is 0 Å². The summed E-state index contributed by atoms with van der Waals surface area (Å²) in [6, 6.07) is 13.2. The summed E-state index contributed by atoms with van der Waals surface area (Å²) in [4.78, 5) is 15.0. The van der Waals surface area contributed by atoms with Gasteiger partial charge in [-0.1, -0.05) is 29.8 Å². The van der Waals surface area contributed by atoms with Crippen molar-refractivity contribution in [3.8, 4) is 5.75 Å². The molecule has 1 fully saturated rings. The zero-order chi connectivity index (χ0) is 22.4. The largest absolute Gasteiger partial charge is 0.495 e. The lowest BCUT2D eigenvalue weighted by Gasteiger charge is -2.25. The van der Waals surface area contributed by atoms with Crippen LogP contribution in [0.25, 0.3) is 0 Å². The summed E-state index contributed by atoms with van der Waals surface area (Å²) < 4.78 is 33.3. The summed E-state index contributed by atoms with van der Waals surface area (Å²) in [6.07, 6.45) is 1.54. The summed E-state index contributed by atoms with van der Waals surface area (Å²) >= 11 is 0. The number of carbonyl (C=O) groups is 1. The van der Waals surface area contributed by atoms with Gasteiger partial charge >= 0.3 is 0 Å². The molecule has 2 aromatic carbocycles. The summed E-state index contributed by atoms with van der Waals surface area (Å²) in [5.41, 5.74) is 4.65. The van der Waals surface area contributed by atoms with Gasteiger partial charge in [-0.2, -0.15) is 5.10 Å². The SMILES string of the molecule is COc1ccccc1N(CC(=O)NN=C1CCN(C)CC1)S(=O)(=O)c1ccc(C)cc1. The lowest BCUT2D eigenvalue weighted by Crippen LogP contribution is -2.40. The number of methoxy groups -OCH3 is 1. The van der Waals surface area contributed by atoms with Crippen molar-refractivity contribution in [1.29, 1.82) is 0 Å². The molecule has 1 heterocycles. The van der Waals surface area contributed by atoms with E-state index in [1.165, 1.54) is 19.2 Å². The molecule has 1 amide bonds. The molecule has 9 heteroatoms. The van der Waals surface area contributed by atoms with E-state index in [4.69, 9.17) is 4.74 Å². The van der Waals surface area contributed by atoms with Crippen LogP contribution in [0.3, 0.4) is 0 Å². The van der Waals surface area contributed by atoms with Crippen LogP contribution in [0.15, 0.2) is 58.5 Å². The fraction of sp³-hybridized carbons (Fsp3) is 0.364. The smallest absolute Gasteiger partial charge is 0.264 e. The zero-order valence-corrected chi connectivity index (χ0v) is 18.9. The average Bonchev–Trinajstić information content (AvgIpc) is 2.77. The van der Waals surface area contributed by atoms with Gasteiger partial charge in [0.1, 0.15) is 12.3 Å². The number of amides is 1. The van der Waals surface area contributed by atoms with E-state index >= 15 is 0 Å². The van der Waals surface area contributed by atoms with Gasteiger partial charge in [-0.25, -0.2) is 13.8 Å². The van der Waals surface area contributed by atoms with Crippen molar-refractivity contribution in [3.63, 3.8) is 0 Å². The number of likely N-dealkylation sites (tertiary alicyclic amines) is 1. The fourth-order valence-electron chi connectivity index (χ4n) is 3.27. The average molecular weight is 445 g/mol. The summed E-state index contributed by atoms with van der Waals surface area (Å²) in [7, 11) is -0.514. The van der Waals surface area contributed by atoms with Gasteiger partial charge in [0.2, 0.25) is 0 Å². The Morgan fingerprint density at radius 3 is 2.42 bits per heavy atom. The van der Waals surface area contributed by atoms with Crippen LogP contribution in [-0.4, -0.2) is 58.7 Å². The van der Waals surface area contributed by atoms with E-state index in [0.717, 1.165) is 41.5 Å². The maximum atomic E-state index is 13.4. The molecule has 1 N–H and O–H groups in total. The van der Waals surface area contributed by atoms with Crippen LogP contribution < -0.4 is 14.5 Å². The number of hydrazone groups is 1. The van der Waals surface area contributed by atoms with Crippen LogP contribution in [0.4, 0.5) is 5.69 Å². The van der Waals surface area contributed by atoms with Crippen molar-refractivity contribution < 1.29 is 17.9 Å². The van der Waals surface area contributed by atoms with Crippen molar-refractivity contribution in [3.05, 3.63) is 54.1 Å². The molecule has 1 saturated heterocycles. The second-order valence-corrected chi connectivity index (χ2v) is 9.38. The number of sulfonamides is 1. The number of anilines is 1. The number of ether oxygens (including phenoxy) is 1. The van der Waals surface area contributed by atoms with Crippen LogP contribution in [0, 0.1) is 6.92 Å². The first-order chi connectivity index (χ1) is 14.8. The van der Waals surface area contributed by atoms with Crippen LogP contribution in [0.5, 0.6) is 5.75 Å². The maximum absolute atomic E-state index is 13.4. The first-order valence-corrected chi connectivity index (χ1v) is 11.5. The highest BCUT2D eigenvalue weighted by molar-refractivity contribution is 7.92. The Bertz CT molecular complexity index is 1040. The van der Waals surface area contributed by atoms with E-state index in [1.807, 2.05) is 14.0 Å². The third kappa shape index (κ3) is 5.62. The molecule has 0 unspecified atom stereocenters. The molecule has 0 bridgehead atoms. The van der Waals surface area contributed by atoms with Crippen molar-refractivity contribution in [2.45, 2.75) is 24.7 Å². The highest BCUT2D eigenvalue weighted by Crippen LogP contribution is 2.32. The van der Waals surface area contributed by atoms with Gasteiger partial charge in [0.15, 0.2) is 0 Å². The molecule has 0 saturated carbocycles. The summed E-state index contributed by atoms with van der Waals surface area (Å²) in [5.74, 6) is -0.166. The van der Waals surface area contributed by atoms with Gasteiger partial charge in [0, 0.05) is 31.6 Å². The second-order valence-electron chi connectivity index (χ2n) is 7.51. The number of carbonyl (C=O) groups excluding carboxylic acids is 1. The van der Waals surface area contributed by atoms with E-state index in [1.54, 1.807) is 36.4 Å². The number of para-hydroxylation sites is 2. The van der Waals surface area contributed by atoms with Crippen molar-refractivity contribution in [2.75, 3.05) is 38.1 Å². The Morgan fingerprint density at radius 1 is 1.13 bits per heavy atom. The number of piperidine rings is 1. The summed E-state index contributed by atoms with van der Waals surface area (Å²) in [5, 5.41) is 4.21. The van der Waals surface area contributed by atoms with Gasteiger partial charge in [0.05, 0.1) is 17.7 Å². The predicted molar refractivity (Wildman–Crippen MR) is 121 cm³/mol. The van der Waals surface area contributed by atoms with Gasteiger partial charge in [-0.15, -0.1) is 0 Å². The first-order valence-electron chi connectivity index (χ1n) is 10.1. The number of hydrogen-bond donors (Lipinski definition) is 1. The Kier molecular flexibility index (Phi) is 7.29. The molecule has 0 atom stereocenters. The molecular formula is C22H28N4O4S. The normalized spacial score (nSPS) is 14.7. The number of rotatable bonds is 7. The summed E-state index contributed by atoms with van der Waals surface area (Å²) in [6.45, 7) is 3.21. The first kappa shape index (κ1) is 22.8. The zero-order valence-electron chi connectivity index (χ0n) is 18.0. The molecular weight excluding hydrogens is 416 g/mol. The topological polar surface area (TPSA) is 91.3 Å². The molecule has 0 aliphatic carbocycles. The lowest BCUT2D eigenvalue weighted by molar-refractivity contribution is -0.119. The lowest BCUT2D eigenvalue weighted by atomic mass is 10.1. The van der Waals surface area contributed by atoms with E-state index in [9.17, 15) is 13.2 Å². The molecule has 8 nitrogen and oxygen atoms in total. The van der Waals surface area contributed by atoms with Gasteiger partial charge < -0.3 is 9.64 Å². The Balaban J connectivity index is 1.88. The molecule has 0 spiro atoms. The van der Waals surface area contributed by atoms with Gasteiger partial charge in [0.25, 0.3) is 15.9 Å². The molecule has 3 rings (SSSR count). The number of aryl methyl sites for hydroxylation is 1. The van der Waals surface area contributed by atoms with E-state index in [2.05, 4.69) is 15.4 Å². The van der Waals surface area contributed by atoms with E-state index < -0.39 is 22.5 Å². The minimum Gasteiger partial charge on any atom is -0.495 e. The minimum absolute atomic E-state index is 0.0958. The highest BCUT2D eigenvalue weighted by Gasteiger charge is 2.29. The number of nitrogens with one attached hydrogen (secondary N) is 1. The highest BCUT2D eigenvalue weighted by atomic mass is 32.2. The monoisotopic (exact) mass is 444 g/mol. The van der Waals surface area contributed by atoms with Gasteiger partial charge in [-0.05, 0) is 38.2 Å². The molecule has 1 aliphatic heterocycles. The Labute approximate surface area is 183 Å². The predicted octanol–water partition coefficient (Wildman–Crippen LogP) is 2.40. The van der Waals surface area contributed by atoms with Crippen LogP contribution in [0.1, 0.15) is 18.4 Å². The standard InChI is InChI=1S/C22H28N4O4S/c1-17-8-10-19(11-9-17)31(28,29)26(20-6-4-5-7-21(20)30-3)16-22(27)24-23-18-12-14-25(2)15-13-18/h4-11H,12-16H2,1-3H3,(H,24,27). The third-order valence-corrected chi connectivity index (χ3v) is 6.93. The quantitative estimate of drug-likeness (QED) is 0.662. The molecule has 2 aromatic rings. The van der Waals surface area contributed by atoms with Crippen LogP contribution >= 0.6 is 0 Å². The second kappa shape index (κ2) is 9.93. The molecule has 166 valence electrons. The number of hydrogen-bond acceptors (Lipinski definition) is 6. The molecule has 0 radical (unpaired) electrons. The Morgan fingerprint density at radius 2 is 1.77 bits per heavy atom. The van der Waals surface area contributed by atoms with E-state index in [0.29, 0.717) is 5.75 Å². The van der Waals surface area contributed by atoms with Crippen LogP contribution in [-0.2, 0) is 14.8 Å². The minimum atomic E-state index is -4.01. The molecule has 31 heavy (non-hydrogen) atoms. The fourth-order valence-corrected chi connectivity index (χ4v) is 4.70. The van der Waals surface area contributed by atoms with Gasteiger partial charge in [-0.3, -0.25) is 9.10 Å². The number of nitrogens with zero attached hydrogens (tertiary/aromatic N) is 3. The third-order valence-electron chi connectivity index (χ3n) is 5.15. The number of benzene rings is 2. The molecule has 0 aromatic heterocycles. The van der Waals surface area contributed by atoms with Crippen molar-refractivity contribution in [2.24, 2.45) is 5.10 Å². The molecule has 1 aliphatic rings.